The Hall–Kier alpha value is -2.23. The van der Waals surface area contributed by atoms with Crippen molar-refractivity contribution in [3.05, 3.63) is 35.9 Å². The molecule has 0 spiro atoms. The minimum absolute atomic E-state index is 0.153. The van der Waals surface area contributed by atoms with Gasteiger partial charge in [-0.25, -0.2) is 0 Å². The van der Waals surface area contributed by atoms with Gasteiger partial charge in [-0.1, -0.05) is 12.1 Å². The minimum Gasteiger partial charge on any atom is -0.497 e. The fraction of sp³-hybridized carbons (Fsp3) is 0.389. The van der Waals surface area contributed by atoms with Gasteiger partial charge < -0.3 is 14.2 Å². The molecule has 0 amide bonds. The number of ether oxygens (including phenoxy) is 3. The monoisotopic (exact) mass is 302 g/mol. The number of methoxy groups -OCH3 is 2. The van der Waals surface area contributed by atoms with Gasteiger partial charge in [0.2, 0.25) is 0 Å². The molecule has 4 heteroatoms. The largest absolute Gasteiger partial charge is 0.497 e. The molecule has 0 saturated carbocycles. The zero-order valence-corrected chi connectivity index (χ0v) is 13.3. The lowest BCUT2D eigenvalue weighted by atomic mass is 9.98. The lowest BCUT2D eigenvalue weighted by molar-refractivity contribution is -0.143. The van der Waals surface area contributed by atoms with E-state index < -0.39 is 0 Å². The molecule has 118 valence electrons. The summed E-state index contributed by atoms with van der Waals surface area (Å²) in [7, 11) is 3.32. The van der Waals surface area contributed by atoms with E-state index in [4.69, 9.17) is 14.2 Å². The number of rotatable bonds is 7. The van der Waals surface area contributed by atoms with Crippen LogP contribution in [0.1, 0.15) is 25.3 Å². The van der Waals surface area contributed by atoms with Gasteiger partial charge in [0.1, 0.15) is 11.5 Å². The Bertz CT molecular complexity index is 644. The average molecular weight is 302 g/mol. The molecule has 0 aliphatic carbocycles. The van der Waals surface area contributed by atoms with Crippen molar-refractivity contribution in [1.82, 2.24) is 0 Å². The molecule has 0 heterocycles. The molecule has 0 bridgehead atoms. The van der Waals surface area contributed by atoms with Gasteiger partial charge in [-0.2, -0.15) is 0 Å². The predicted molar refractivity (Wildman–Crippen MR) is 86.6 cm³/mol. The Morgan fingerprint density at radius 1 is 1.09 bits per heavy atom. The Kier molecular flexibility index (Phi) is 5.64. The molecule has 0 N–H and O–H groups in total. The molecule has 2 rings (SSSR count). The summed E-state index contributed by atoms with van der Waals surface area (Å²) in [5.74, 6) is 1.50. The van der Waals surface area contributed by atoms with Gasteiger partial charge in [0.15, 0.2) is 0 Å². The highest BCUT2D eigenvalue weighted by atomic mass is 16.5. The van der Waals surface area contributed by atoms with E-state index in [9.17, 15) is 4.79 Å². The fourth-order valence-corrected chi connectivity index (χ4v) is 2.56. The number of carbonyl (C=O) groups excluding carboxylic acids is 1. The first-order valence-electron chi connectivity index (χ1n) is 7.48. The third kappa shape index (κ3) is 3.70. The number of carbonyl (C=O) groups is 1. The number of hydrogen-bond acceptors (Lipinski definition) is 4. The standard InChI is InChI=1S/C18H22O4/c1-4-22-18(19)7-5-6-15-16-12-14(20-2)10-8-13(16)9-11-17(15)21-3/h8-12H,4-7H2,1-3H3. The van der Waals surface area contributed by atoms with Crippen LogP contribution in [0.25, 0.3) is 10.8 Å². The predicted octanol–water partition coefficient (Wildman–Crippen LogP) is 3.74. The number of aryl methyl sites for hydroxylation is 1. The summed E-state index contributed by atoms with van der Waals surface area (Å²) >= 11 is 0. The summed E-state index contributed by atoms with van der Waals surface area (Å²) in [5.41, 5.74) is 1.10. The first kappa shape index (κ1) is 16.1. The highest BCUT2D eigenvalue weighted by Crippen LogP contribution is 2.31. The normalized spacial score (nSPS) is 10.5. The van der Waals surface area contributed by atoms with Crippen LogP contribution in [0.4, 0.5) is 0 Å². The molecule has 0 radical (unpaired) electrons. The first-order valence-corrected chi connectivity index (χ1v) is 7.48. The summed E-state index contributed by atoms with van der Waals surface area (Å²) in [6.07, 6.45) is 1.90. The fourth-order valence-electron chi connectivity index (χ4n) is 2.56. The van der Waals surface area contributed by atoms with Gasteiger partial charge in [-0.3, -0.25) is 4.79 Å². The molecule has 22 heavy (non-hydrogen) atoms. The van der Waals surface area contributed by atoms with E-state index in [1.54, 1.807) is 14.2 Å². The third-order valence-electron chi connectivity index (χ3n) is 3.63. The maximum atomic E-state index is 11.5. The SMILES string of the molecule is CCOC(=O)CCCc1c(OC)ccc2ccc(OC)cc12. The Morgan fingerprint density at radius 2 is 1.86 bits per heavy atom. The third-order valence-corrected chi connectivity index (χ3v) is 3.63. The van der Waals surface area contributed by atoms with Gasteiger partial charge >= 0.3 is 5.97 Å². The molecule has 0 aliphatic rings. The van der Waals surface area contributed by atoms with Crippen molar-refractivity contribution in [3.63, 3.8) is 0 Å². The summed E-state index contributed by atoms with van der Waals surface area (Å²) in [6, 6.07) is 9.98. The van der Waals surface area contributed by atoms with Gasteiger partial charge in [0, 0.05) is 12.0 Å². The first-order chi connectivity index (χ1) is 10.7. The quantitative estimate of drug-likeness (QED) is 0.731. The van der Waals surface area contributed by atoms with Crippen LogP contribution < -0.4 is 9.47 Å². The van der Waals surface area contributed by atoms with Crippen molar-refractivity contribution in [3.8, 4) is 11.5 Å². The van der Waals surface area contributed by atoms with Crippen LogP contribution in [0.5, 0.6) is 11.5 Å². The molecule has 0 aliphatic heterocycles. The Balaban J connectivity index is 2.26. The molecule has 0 saturated heterocycles. The van der Waals surface area contributed by atoms with Crippen molar-refractivity contribution in [2.75, 3.05) is 20.8 Å². The van der Waals surface area contributed by atoms with E-state index in [-0.39, 0.29) is 5.97 Å². The zero-order chi connectivity index (χ0) is 15.9. The highest BCUT2D eigenvalue weighted by Gasteiger charge is 2.11. The molecule has 2 aromatic carbocycles. The smallest absolute Gasteiger partial charge is 0.305 e. The Labute approximate surface area is 131 Å². The molecule has 0 aromatic heterocycles. The summed E-state index contributed by atoms with van der Waals surface area (Å²) in [5, 5.41) is 2.23. The van der Waals surface area contributed by atoms with Gasteiger partial charge in [-0.05, 0) is 48.7 Å². The molecule has 0 fully saturated rings. The van der Waals surface area contributed by atoms with E-state index >= 15 is 0 Å². The van der Waals surface area contributed by atoms with Crippen LogP contribution in [0, 0.1) is 0 Å². The Morgan fingerprint density at radius 3 is 2.55 bits per heavy atom. The van der Waals surface area contributed by atoms with Gasteiger partial charge in [-0.15, -0.1) is 0 Å². The van der Waals surface area contributed by atoms with Crippen LogP contribution in [0.15, 0.2) is 30.3 Å². The zero-order valence-electron chi connectivity index (χ0n) is 13.3. The molecule has 4 nitrogen and oxygen atoms in total. The number of esters is 1. The van der Waals surface area contributed by atoms with Gasteiger partial charge in [0.25, 0.3) is 0 Å². The van der Waals surface area contributed by atoms with Crippen molar-refractivity contribution in [1.29, 1.82) is 0 Å². The topological polar surface area (TPSA) is 44.8 Å². The van der Waals surface area contributed by atoms with E-state index in [0.717, 1.165) is 40.7 Å². The summed E-state index contributed by atoms with van der Waals surface area (Å²) < 4.78 is 15.8. The van der Waals surface area contributed by atoms with Crippen LogP contribution in [0.2, 0.25) is 0 Å². The van der Waals surface area contributed by atoms with E-state index in [1.807, 2.05) is 37.3 Å². The van der Waals surface area contributed by atoms with E-state index in [2.05, 4.69) is 0 Å². The summed E-state index contributed by atoms with van der Waals surface area (Å²) in [4.78, 5) is 11.5. The van der Waals surface area contributed by atoms with Crippen molar-refractivity contribution in [2.45, 2.75) is 26.2 Å². The lowest BCUT2D eigenvalue weighted by Crippen LogP contribution is -2.04. The number of hydrogen-bond donors (Lipinski definition) is 0. The van der Waals surface area contributed by atoms with Crippen LogP contribution in [-0.2, 0) is 16.0 Å². The van der Waals surface area contributed by atoms with Crippen molar-refractivity contribution >= 4 is 16.7 Å². The molecule has 0 atom stereocenters. The van der Waals surface area contributed by atoms with E-state index in [1.165, 1.54) is 0 Å². The van der Waals surface area contributed by atoms with Crippen LogP contribution >= 0.6 is 0 Å². The second-order valence-electron chi connectivity index (χ2n) is 4.99. The van der Waals surface area contributed by atoms with Crippen molar-refractivity contribution in [2.24, 2.45) is 0 Å². The maximum absolute atomic E-state index is 11.5. The molecule has 2 aromatic rings. The highest BCUT2D eigenvalue weighted by molar-refractivity contribution is 5.89. The second kappa shape index (κ2) is 7.69. The lowest BCUT2D eigenvalue weighted by Gasteiger charge is -2.13. The number of benzene rings is 2. The second-order valence-corrected chi connectivity index (χ2v) is 4.99. The van der Waals surface area contributed by atoms with Crippen LogP contribution in [0.3, 0.4) is 0 Å². The van der Waals surface area contributed by atoms with Gasteiger partial charge in [0.05, 0.1) is 20.8 Å². The van der Waals surface area contributed by atoms with Crippen LogP contribution in [-0.4, -0.2) is 26.8 Å². The minimum atomic E-state index is -0.153. The maximum Gasteiger partial charge on any atom is 0.305 e. The molecular weight excluding hydrogens is 280 g/mol. The number of fused-ring (bicyclic) bond motifs is 1. The average Bonchev–Trinajstić information content (AvgIpc) is 2.54. The molecular formula is C18H22O4. The van der Waals surface area contributed by atoms with E-state index in [0.29, 0.717) is 13.0 Å². The van der Waals surface area contributed by atoms with Crippen molar-refractivity contribution < 1.29 is 19.0 Å². The molecule has 0 unspecified atom stereocenters. The summed E-state index contributed by atoms with van der Waals surface area (Å²) in [6.45, 7) is 2.24.